The van der Waals surface area contributed by atoms with Crippen LogP contribution in [0.4, 0.5) is 0 Å². The van der Waals surface area contributed by atoms with Crippen LogP contribution in [0.5, 0.6) is 5.75 Å². The van der Waals surface area contributed by atoms with E-state index in [4.69, 9.17) is 4.74 Å². The van der Waals surface area contributed by atoms with E-state index in [1.165, 1.54) is 11.8 Å². The van der Waals surface area contributed by atoms with Gasteiger partial charge in [0.15, 0.2) is 11.0 Å². The SMILES string of the molecule is C=C(C)CN(CC)C(=O)CSc1nnc(-c2ccc(OC)cc2)n1C. The Balaban J connectivity index is 2.05. The van der Waals surface area contributed by atoms with Crippen molar-refractivity contribution in [1.29, 1.82) is 0 Å². The summed E-state index contributed by atoms with van der Waals surface area (Å²) in [4.78, 5) is 14.1. The molecular weight excluding hydrogens is 336 g/mol. The molecule has 0 aliphatic rings. The highest BCUT2D eigenvalue weighted by molar-refractivity contribution is 7.99. The molecule has 2 rings (SSSR count). The van der Waals surface area contributed by atoms with Crippen LogP contribution in [0.2, 0.25) is 0 Å². The Morgan fingerprint density at radius 3 is 2.56 bits per heavy atom. The van der Waals surface area contributed by atoms with Gasteiger partial charge in [0.25, 0.3) is 0 Å². The molecule has 0 saturated carbocycles. The number of thioether (sulfide) groups is 1. The second kappa shape index (κ2) is 8.71. The predicted molar refractivity (Wildman–Crippen MR) is 101 cm³/mol. The van der Waals surface area contributed by atoms with Crippen molar-refractivity contribution in [3.63, 3.8) is 0 Å². The van der Waals surface area contributed by atoms with E-state index in [0.29, 0.717) is 24.0 Å². The van der Waals surface area contributed by atoms with Gasteiger partial charge in [0.1, 0.15) is 5.75 Å². The van der Waals surface area contributed by atoms with Crippen molar-refractivity contribution in [2.45, 2.75) is 19.0 Å². The van der Waals surface area contributed by atoms with Gasteiger partial charge in [0, 0.05) is 25.7 Å². The molecule has 0 aliphatic heterocycles. The van der Waals surface area contributed by atoms with Gasteiger partial charge in [-0.05, 0) is 38.1 Å². The summed E-state index contributed by atoms with van der Waals surface area (Å²) in [6.07, 6.45) is 0. The Hall–Kier alpha value is -2.28. The number of carbonyl (C=O) groups is 1. The van der Waals surface area contributed by atoms with Crippen LogP contribution in [0.3, 0.4) is 0 Å². The lowest BCUT2D eigenvalue weighted by Crippen LogP contribution is -2.33. The number of aromatic nitrogens is 3. The van der Waals surface area contributed by atoms with Crippen LogP contribution in [-0.4, -0.2) is 51.5 Å². The van der Waals surface area contributed by atoms with Gasteiger partial charge in [-0.15, -0.1) is 10.2 Å². The minimum Gasteiger partial charge on any atom is -0.497 e. The summed E-state index contributed by atoms with van der Waals surface area (Å²) in [6, 6.07) is 7.65. The summed E-state index contributed by atoms with van der Waals surface area (Å²) in [6.45, 7) is 9.02. The van der Waals surface area contributed by atoms with E-state index in [1.54, 1.807) is 12.0 Å². The van der Waals surface area contributed by atoms with Crippen LogP contribution in [0.1, 0.15) is 13.8 Å². The first kappa shape index (κ1) is 19.1. The fourth-order valence-corrected chi connectivity index (χ4v) is 3.17. The van der Waals surface area contributed by atoms with Crippen LogP contribution >= 0.6 is 11.8 Å². The standard InChI is InChI=1S/C18H24N4O2S/c1-6-22(11-13(2)3)16(23)12-25-18-20-19-17(21(18)4)14-7-9-15(24-5)10-8-14/h7-10H,2,6,11-12H2,1,3-5H3. The summed E-state index contributed by atoms with van der Waals surface area (Å²) in [5.41, 5.74) is 1.92. The fourth-order valence-electron chi connectivity index (χ4n) is 2.35. The second-order valence-corrected chi connectivity index (χ2v) is 6.69. The van der Waals surface area contributed by atoms with Gasteiger partial charge in [-0.3, -0.25) is 4.79 Å². The fraction of sp³-hybridized carbons (Fsp3) is 0.389. The van der Waals surface area contributed by atoms with E-state index < -0.39 is 0 Å². The highest BCUT2D eigenvalue weighted by atomic mass is 32.2. The van der Waals surface area contributed by atoms with E-state index >= 15 is 0 Å². The third kappa shape index (κ3) is 4.85. The van der Waals surface area contributed by atoms with Crippen molar-refractivity contribution < 1.29 is 9.53 Å². The number of amides is 1. The molecule has 1 aromatic carbocycles. The highest BCUT2D eigenvalue weighted by Gasteiger charge is 2.16. The van der Waals surface area contributed by atoms with Crippen molar-refractivity contribution in [3.8, 4) is 17.1 Å². The van der Waals surface area contributed by atoms with E-state index in [9.17, 15) is 4.79 Å². The van der Waals surface area contributed by atoms with Crippen LogP contribution in [0, 0.1) is 0 Å². The lowest BCUT2D eigenvalue weighted by molar-refractivity contribution is -0.127. The van der Waals surface area contributed by atoms with Gasteiger partial charge in [0.05, 0.1) is 12.9 Å². The second-order valence-electron chi connectivity index (χ2n) is 5.75. The van der Waals surface area contributed by atoms with E-state index in [0.717, 1.165) is 22.7 Å². The van der Waals surface area contributed by atoms with Crippen LogP contribution in [0.25, 0.3) is 11.4 Å². The number of carbonyl (C=O) groups excluding carboxylic acids is 1. The van der Waals surface area contributed by atoms with Crippen LogP contribution in [0.15, 0.2) is 41.6 Å². The van der Waals surface area contributed by atoms with Crippen molar-refractivity contribution in [3.05, 3.63) is 36.4 Å². The summed E-state index contributed by atoms with van der Waals surface area (Å²) in [7, 11) is 3.54. The molecule has 0 spiro atoms. The number of benzene rings is 1. The van der Waals surface area contributed by atoms with Gasteiger partial charge in [-0.1, -0.05) is 23.9 Å². The zero-order chi connectivity index (χ0) is 18.4. The topological polar surface area (TPSA) is 60.3 Å². The molecule has 0 unspecified atom stereocenters. The minimum atomic E-state index is 0.0736. The Kier molecular flexibility index (Phi) is 6.64. The normalized spacial score (nSPS) is 10.6. The molecule has 0 bridgehead atoms. The molecule has 0 N–H and O–H groups in total. The molecule has 7 heteroatoms. The quantitative estimate of drug-likeness (QED) is 0.535. The monoisotopic (exact) mass is 360 g/mol. The Morgan fingerprint density at radius 1 is 1.32 bits per heavy atom. The molecule has 1 heterocycles. The summed E-state index contributed by atoms with van der Waals surface area (Å²) in [5.74, 6) is 1.95. The van der Waals surface area contributed by atoms with Gasteiger partial charge in [0.2, 0.25) is 5.91 Å². The maximum Gasteiger partial charge on any atom is 0.233 e. The number of nitrogens with zero attached hydrogens (tertiary/aromatic N) is 4. The molecule has 1 aromatic heterocycles. The van der Waals surface area contributed by atoms with E-state index in [2.05, 4.69) is 16.8 Å². The number of hydrogen-bond acceptors (Lipinski definition) is 5. The lowest BCUT2D eigenvalue weighted by atomic mass is 10.2. The number of hydrogen-bond donors (Lipinski definition) is 0. The van der Waals surface area contributed by atoms with Crippen LogP contribution < -0.4 is 4.74 Å². The molecular formula is C18H24N4O2S. The van der Waals surface area contributed by atoms with Crippen molar-refractivity contribution >= 4 is 17.7 Å². The molecule has 0 fully saturated rings. The minimum absolute atomic E-state index is 0.0736. The van der Waals surface area contributed by atoms with Crippen LogP contribution in [-0.2, 0) is 11.8 Å². The summed E-state index contributed by atoms with van der Waals surface area (Å²) < 4.78 is 7.07. The molecule has 0 aliphatic carbocycles. The maximum atomic E-state index is 12.3. The Morgan fingerprint density at radius 2 is 2.00 bits per heavy atom. The maximum absolute atomic E-state index is 12.3. The first-order valence-electron chi connectivity index (χ1n) is 8.05. The van der Waals surface area contributed by atoms with Crippen molar-refractivity contribution in [2.75, 3.05) is 26.0 Å². The third-order valence-electron chi connectivity index (χ3n) is 3.70. The first-order valence-corrected chi connectivity index (χ1v) is 9.03. The lowest BCUT2D eigenvalue weighted by Gasteiger charge is -2.20. The van der Waals surface area contributed by atoms with Gasteiger partial charge >= 0.3 is 0 Å². The molecule has 6 nitrogen and oxygen atoms in total. The molecule has 25 heavy (non-hydrogen) atoms. The van der Waals surface area contributed by atoms with Gasteiger partial charge in [-0.25, -0.2) is 0 Å². The van der Waals surface area contributed by atoms with E-state index in [-0.39, 0.29) is 5.91 Å². The third-order valence-corrected chi connectivity index (χ3v) is 4.71. The first-order chi connectivity index (χ1) is 12.0. The van der Waals surface area contributed by atoms with E-state index in [1.807, 2.05) is 49.7 Å². The summed E-state index contributed by atoms with van der Waals surface area (Å²) in [5, 5.41) is 9.17. The van der Waals surface area contributed by atoms with Crippen molar-refractivity contribution in [2.24, 2.45) is 7.05 Å². The molecule has 0 saturated heterocycles. The zero-order valence-electron chi connectivity index (χ0n) is 15.2. The number of likely N-dealkylation sites (N-methyl/N-ethyl adjacent to an activating group) is 1. The number of rotatable bonds is 8. The summed E-state index contributed by atoms with van der Waals surface area (Å²) >= 11 is 1.39. The molecule has 1 amide bonds. The largest absolute Gasteiger partial charge is 0.497 e. The Labute approximate surface area is 152 Å². The molecule has 0 radical (unpaired) electrons. The number of methoxy groups -OCH3 is 1. The highest BCUT2D eigenvalue weighted by Crippen LogP contribution is 2.24. The molecule has 134 valence electrons. The zero-order valence-corrected chi connectivity index (χ0v) is 16.0. The van der Waals surface area contributed by atoms with Gasteiger partial charge < -0.3 is 14.2 Å². The predicted octanol–water partition coefficient (Wildman–Crippen LogP) is 3.01. The number of ether oxygens (including phenoxy) is 1. The molecule has 2 aromatic rings. The van der Waals surface area contributed by atoms with Gasteiger partial charge in [-0.2, -0.15) is 0 Å². The smallest absolute Gasteiger partial charge is 0.233 e. The Bertz CT molecular complexity index is 740. The average molecular weight is 360 g/mol. The molecule has 0 atom stereocenters. The van der Waals surface area contributed by atoms with Crippen molar-refractivity contribution in [1.82, 2.24) is 19.7 Å². The average Bonchev–Trinajstić information content (AvgIpc) is 2.98.